The predicted molar refractivity (Wildman–Crippen MR) is 73.6 cm³/mol. The number of benzene rings is 1. The summed E-state index contributed by atoms with van der Waals surface area (Å²) in [6.07, 6.45) is 0. The predicted octanol–water partition coefficient (Wildman–Crippen LogP) is 3.47. The van der Waals surface area contributed by atoms with Crippen LogP contribution in [0.5, 0.6) is 0 Å². The molecule has 1 N–H and O–H groups in total. The molecule has 0 saturated heterocycles. The highest BCUT2D eigenvalue weighted by molar-refractivity contribution is 9.10. The van der Waals surface area contributed by atoms with E-state index in [0.29, 0.717) is 17.3 Å². The summed E-state index contributed by atoms with van der Waals surface area (Å²) in [6, 6.07) is 9.58. The van der Waals surface area contributed by atoms with Gasteiger partial charge in [0.05, 0.1) is 0 Å². The van der Waals surface area contributed by atoms with Crippen molar-refractivity contribution in [1.82, 2.24) is 9.97 Å². The van der Waals surface area contributed by atoms with Crippen molar-refractivity contribution in [3.8, 4) is 6.07 Å². The van der Waals surface area contributed by atoms with Crippen LogP contribution in [0.25, 0.3) is 0 Å². The van der Waals surface area contributed by atoms with Gasteiger partial charge in [-0.05, 0) is 31.5 Å². The number of hydrogen-bond donors (Lipinski definition) is 1. The van der Waals surface area contributed by atoms with Crippen molar-refractivity contribution in [2.24, 2.45) is 0 Å². The highest BCUT2D eigenvalue weighted by Gasteiger charge is 2.03. The second-order valence-electron chi connectivity index (χ2n) is 3.89. The van der Waals surface area contributed by atoms with Crippen LogP contribution >= 0.6 is 15.9 Å². The Bertz CT molecular complexity index is 631. The molecule has 0 amide bonds. The van der Waals surface area contributed by atoms with Gasteiger partial charge >= 0.3 is 0 Å². The molecule has 5 heteroatoms. The third-order valence-electron chi connectivity index (χ3n) is 2.40. The average molecular weight is 303 g/mol. The van der Waals surface area contributed by atoms with E-state index in [1.807, 2.05) is 31.2 Å². The number of nitriles is 1. The topological polar surface area (TPSA) is 61.6 Å². The first kappa shape index (κ1) is 12.5. The van der Waals surface area contributed by atoms with Crippen LogP contribution in [-0.4, -0.2) is 9.97 Å². The summed E-state index contributed by atoms with van der Waals surface area (Å²) in [7, 11) is 0. The molecule has 0 atom stereocenters. The maximum absolute atomic E-state index is 8.86. The van der Waals surface area contributed by atoms with Crippen molar-refractivity contribution in [2.75, 3.05) is 5.32 Å². The Morgan fingerprint density at radius 1 is 1.22 bits per heavy atom. The molecule has 18 heavy (non-hydrogen) atoms. The van der Waals surface area contributed by atoms with Crippen molar-refractivity contribution in [3.63, 3.8) is 0 Å². The minimum Gasteiger partial charge on any atom is -0.340 e. The van der Waals surface area contributed by atoms with Gasteiger partial charge in [-0.2, -0.15) is 5.26 Å². The fourth-order valence-corrected chi connectivity index (χ4v) is 1.89. The average Bonchev–Trinajstić information content (AvgIpc) is 2.33. The van der Waals surface area contributed by atoms with E-state index in [1.54, 1.807) is 13.0 Å². The van der Waals surface area contributed by atoms with Gasteiger partial charge in [0.15, 0.2) is 0 Å². The molecule has 0 fully saturated rings. The fourth-order valence-electron chi connectivity index (χ4n) is 1.51. The summed E-state index contributed by atoms with van der Waals surface area (Å²) >= 11 is 3.48. The molecule has 1 heterocycles. The van der Waals surface area contributed by atoms with Crippen molar-refractivity contribution in [3.05, 3.63) is 45.8 Å². The molecule has 4 nitrogen and oxygen atoms in total. The van der Waals surface area contributed by atoms with Crippen LogP contribution in [0.1, 0.15) is 17.1 Å². The zero-order valence-electron chi connectivity index (χ0n) is 10.0. The number of hydrogen-bond acceptors (Lipinski definition) is 4. The van der Waals surface area contributed by atoms with E-state index in [9.17, 15) is 0 Å². The summed E-state index contributed by atoms with van der Waals surface area (Å²) in [5, 5.41) is 12.0. The highest BCUT2D eigenvalue weighted by Crippen LogP contribution is 2.23. The number of aromatic nitrogens is 2. The smallest absolute Gasteiger partial charge is 0.146 e. The monoisotopic (exact) mass is 302 g/mol. The zero-order valence-corrected chi connectivity index (χ0v) is 11.6. The molecule has 0 aliphatic carbocycles. The number of nitrogens with one attached hydrogen (secondary N) is 1. The second-order valence-corrected chi connectivity index (χ2v) is 4.74. The molecule has 0 aliphatic rings. The quantitative estimate of drug-likeness (QED) is 0.922. The molecule has 1 aromatic carbocycles. The summed E-state index contributed by atoms with van der Waals surface area (Å²) in [5.74, 6) is 1.19. The van der Waals surface area contributed by atoms with Crippen LogP contribution in [0, 0.1) is 25.2 Å². The van der Waals surface area contributed by atoms with Crippen LogP contribution in [-0.2, 0) is 0 Å². The zero-order chi connectivity index (χ0) is 13.1. The third-order valence-corrected chi connectivity index (χ3v) is 3.25. The van der Waals surface area contributed by atoms with Gasteiger partial charge in [0, 0.05) is 16.2 Å². The minimum absolute atomic E-state index is 0.358. The molecule has 0 spiro atoms. The van der Waals surface area contributed by atoms with Gasteiger partial charge in [0.2, 0.25) is 0 Å². The van der Waals surface area contributed by atoms with Gasteiger partial charge in [-0.3, -0.25) is 0 Å². The van der Waals surface area contributed by atoms with Gasteiger partial charge in [-0.1, -0.05) is 22.0 Å². The highest BCUT2D eigenvalue weighted by atomic mass is 79.9. The van der Waals surface area contributed by atoms with Crippen molar-refractivity contribution in [2.45, 2.75) is 13.8 Å². The third kappa shape index (κ3) is 2.84. The molecule has 90 valence electrons. The van der Waals surface area contributed by atoms with Gasteiger partial charge in [0.1, 0.15) is 23.4 Å². The molecule has 0 aliphatic heterocycles. The Morgan fingerprint density at radius 2 is 2.00 bits per heavy atom. The van der Waals surface area contributed by atoms with Gasteiger partial charge < -0.3 is 5.32 Å². The van der Waals surface area contributed by atoms with Gasteiger partial charge in [-0.15, -0.1) is 0 Å². The lowest BCUT2D eigenvalue weighted by molar-refractivity contribution is 1.04. The minimum atomic E-state index is 0.358. The molecule has 1 aromatic heterocycles. The molecule has 0 unspecified atom stereocenters. The Labute approximate surface area is 114 Å². The van der Waals surface area contributed by atoms with E-state index >= 15 is 0 Å². The van der Waals surface area contributed by atoms with Crippen molar-refractivity contribution < 1.29 is 0 Å². The Balaban J connectivity index is 2.31. The fraction of sp³-hybridized carbons (Fsp3) is 0.154. The molecule has 2 rings (SSSR count). The molecule has 0 radical (unpaired) electrons. The largest absolute Gasteiger partial charge is 0.340 e. The van der Waals surface area contributed by atoms with Gasteiger partial charge in [-0.25, -0.2) is 9.97 Å². The first-order valence-electron chi connectivity index (χ1n) is 5.37. The first-order chi connectivity index (χ1) is 8.58. The Kier molecular flexibility index (Phi) is 3.58. The summed E-state index contributed by atoms with van der Waals surface area (Å²) in [4.78, 5) is 8.24. The van der Waals surface area contributed by atoms with E-state index in [4.69, 9.17) is 5.26 Å². The lowest BCUT2D eigenvalue weighted by Gasteiger charge is -2.08. The molecule has 0 bridgehead atoms. The first-order valence-corrected chi connectivity index (χ1v) is 6.17. The molecule has 2 aromatic rings. The number of anilines is 2. The summed E-state index contributed by atoms with van der Waals surface area (Å²) in [6.45, 7) is 3.79. The molecular formula is C13H11BrN4. The maximum Gasteiger partial charge on any atom is 0.146 e. The number of nitrogens with zero attached hydrogens (tertiary/aromatic N) is 3. The SMILES string of the molecule is Cc1nc(C#N)cc(Nc2ccc(C)c(Br)c2)n1. The number of aryl methyl sites for hydroxylation is 2. The van der Waals surface area contributed by atoms with E-state index in [-0.39, 0.29) is 0 Å². The Hall–Kier alpha value is -1.93. The van der Waals surface area contributed by atoms with Crippen LogP contribution in [0.4, 0.5) is 11.5 Å². The van der Waals surface area contributed by atoms with Crippen molar-refractivity contribution in [1.29, 1.82) is 5.26 Å². The van der Waals surface area contributed by atoms with Gasteiger partial charge in [0.25, 0.3) is 0 Å². The number of halogens is 1. The van der Waals surface area contributed by atoms with E-state index in [2.05, 4.69) is 31.2 Å². The normalized spacial score (nSPS) is 9.89. The molecular weight excluding hydrogens is 292 g/mol. The summed E-state index contributed by atoms with van der Waals surface area (Å²) < 4.78 is 1.03. The van der Waals surface area contributed by atoms with Crippen LogP contribution < -0.4 is 5.32 Å². The van der Waals surface area contributed by atoms with Crippen LogP contribution in [0.15, 0.2) is 28.7 Å². The second kappa shape index (κ2) is 5.15. The number of rotatable bonds is 2. The lowest BCUT2D eigenvalue weighted by Crippen LogP contribution is -1.99. The van der Waals surface area contributed by atoms with E-state index < -0.39 is 0 Å². The Morgan fingerprint density at radius 3 is 2.67 bits per heavy atom. The molecule has 0 saturated carbocycles. The van der Waals surface area contributed by atoms with Crippen LogP contribution in [0.2, 0.25) is 0 Å². The van der Waals surface area contributed by atoms with E-state index in [0.717, 1.165) is 15.7 Å². The van der Waals surface area contributed by atoms with Crippen LogP contribution in [0.3, 0.4) is 0 Å². The maximum atomic E-state index is 8.86. The van der Waals surface area contributed by atoms with E-state index in [1.165, 1.54) is 0 Å². The van der Waals surface area contributed by atoms with Crippen molar-refractivity contribution >= 4 is 27.4 Å². The summed E-state index contributed by atoms with van der Waals surface area (Å²) in [5.41, 5.74) is 2.43. The lowest BCUT2D eigenvalue weighted by atomic mass is 10.2. The standard InChI is InChI=1S/C13H11BrN4/c1-8-3-4-10(5-12(8)14)18-13-6-11(7-15)16-9(2)17-13/h3-6H,1-2H3,(H,16,17,18).